The molecule has 4 heteroatoms. The van der Waals surface area contributed by atoms with E-state index >= 15 is 0 Å². The van der Waals surface area contributed by atoms with Gasteiger partial charge in [-0.2, -0.15) is 0 Å². The average Bonchev–Trinajstić information content (AvgIpc) is 2.80. The Bertz CT molecular complexity index is 915. The quantitative estimate of drug-likeness (QED) is 0.487. The third-order valence-corrected chi connectivity index (χ3v) is 11.8. The topological polar surface area (TPSA) is 38.0 Å². The Morgan fingerprint density at radius 2 is 0.821 bits per heavy atom. The third-order valence-electron chi connectivity index (χ3n) is 4.91. The number of benzene rings is 4. The van der Waals surface area contributed by atoms with Crippen LogP contribution in [0.4, 0.5) is 0 Å². The molecule has 0 aromatic heterocycles. The lowest BCUT2D eigenvalue weighted by molar-refractivity contribution is 1.38. The Morgan fingerprint density at radius 1 is 0.500 bits per heavy atom. The summed E-state index contributed by atoms with van der Waals surface area (Å²) in [6, 6.07) is 42.4. The van der Waals surface area contributed by atoms with Crippen molar-refractivity contribution in [2.75, 3.05) is 0 Å². The molecule has 0 saturated heterocycles. The van der Waals surface area contributed by atoms with Gasteiger partial charge in [-0.05, 0) is 20.7 Å². The monoisotopic (exact) mass is 395 g/mol. The van der Waals surface area contributed by atoms with Gasteiger partial charge in [-0.25, -0.2) is 0 Å². The van der Waals surface area contributed by atoms with Crippen LogP contribution in [0, 0.1) is 0 Å². The molecule has 0 heterocycles. The highest BCUT2D eigenvalue weighted by atomic mass is 28.4. The standard InChI is InChI=1S/C24H23N2Si2/c25-28(23-17-9-3-10-18-23,24-19-11-4-12-20-24)26-27(21-13-5-1-6-14-21)22-15-7-2-8-16-22/h1-20,26H,25H2. The summed E-state index contributed by atoms with van der Waals surface area (Å²) < 4.78 is 4.01. The molecule has 3 N–H and O–H groups in total. The van der Waals surface area contributed by atoms with Crippen molar-refractivity contribution >= 4 is 38.1 Å². The maximum absolute atomic E-state index is 7.27. The minimum Gasteiger partial charge on any atom is -0.334 e. The van der Waals surface area contributed by atoms with E-state index in [1.165, 1.54) is 20.7 Å². The Hall–Kier alpha value is -2.77. The van der Waals surface area contributed by atoms with Crippen LogP contribution in [-0.2, 0) is 0 Å². The Morgan fingerprint density at radius 3 is 1.18 bits per heavy atom. The summed E-state index contributed by atoms with van der Waals surface area (Å²) in [7, 11) is -3.90. The summed E-state index contributed by atoms with van der Waals surface area (Å²) >= 11 is 0. The summed E-state index contributed by atoms with van der Waals surface area (Å²) in [5.41, 5.74) is 0. The summed E-state index contributed by atoms with van der Waals surface area (Å²) in [5, 5.41) is 12.3. The molecule has 0 fully saturated rings. The fourth-order valence-electron chi connectivity index (χ4n) is 3.43. The number of rotatable bonds is 6. The van der Waals surface area contributed by atoms with Gasteiger partial charge in [-0.1, -0.05) is 121 Å². The molecule has 4 aromatic rings. The van der Waals surface area contributed by atoms with Crippen molar-refractivity contribution in [3.63, 3.8) is 0 Å². The van der Waals surface area contributed by atoms with Crippen molar-refractivity contribution in [1.29, 1.82) is 0 Å². The maximum atomic E-state index is 7.27. The van der Waals surface area contributed by atoms with Gasteiger partial charge >= 0.3 is 0 Å². The molecule has 0 spiro atoms. The van der Waals surface area contributed by atoms with Crippen molar-refractivity contribution in [3.8, 4) is 0 Å². The summed E-state index contributed by atoms with van der Waals surface area (Å²) in [6.07, 6.45) is 0. The van der Waals surface area contributed by atoms with Crippen LogP contribution < -0.4 is 30.8 Å². The van der Waals surface area contributed by atoms with Crippen LogP contribution >= 0.6 is 0 Å². The molecular weight excluding hydrogens is 372 g/mol. The Labute approximate surface area is 169 Å². The molecule has 0 aliphatic heterocycles. The maximum Gasteiger partial charge on any atom is 0.258 e. The highest BCUT2D eigenvalue weighted by molar-refractivity contribution is 7.06. The number of hydrogen-bond acceptors (Lipinski definition) is 2. The van der Waals surface area contributed by atoms with Gasteiger partial charge in [0.15, 0.2) is 0 Å². The molecule has 0 aliphatic carbocycles. The highest BCUT2D eigenvalue weighted by Crippen LogP contribution is 2.00. The fourth-order valence-corrected chi connectivity index (χ4v) is 10.5. The number of nitrogens with two attached hydrogens (primary N) is 1. The predicted octanol–water partition coefficient (Wildman–Crippen LogP) is 1.60. The first-order chi connectivity index (χ1) is 13.8. The van der Waals surface area contributed by atoms with E-state index in [0.29, 0.717) is 0 Å². The fraction of sp³-hybridized carbons (Fsp3) is 0. The SMILES string of the molecule is N[Si](N[Si](c1ccccc1)c1ccccc1)(c1ccccc1)c1ccccc1. The second-order valence-corrected chi connectivity index (χ2v) is 12.4. The highest BCUT2D eigenvalue weighted by Gasteiger charge is 2.37. The smallest absolute Gasteiger partial charge is 0.258 e. The molecule has 0 saturated carbocycles. The average molecular weight is 396 g/mol. The Balaban J connectivity index is 1.84. The van der Waals surface area contributed by atoms with E-state index in [-0.39, 0.29) is 0 Å². The van der Waals surface area contributed by atoms with Gasteiger partial charge < -0.3 is 10.0 Å². The van der Waals surface area contributed by atoms with Crippen LogP contribution in [0.1, 0.15) is 0 Å². The predicted molar refractivity (Wildman–Crippen MR) is 123 cm³/mol. The molecule has 4 aromatic carbocycles. The minimum absolute atomic E-state index is 1.19. The lowest BCUT2D eigenvalue weighted by Crippen LogP contribution is -2.81. The van der Waals surface area contributed by atoms with E-state index in [2.05, 4.69) is 114 Å². The molecule has 0 bridgehead atoms. The van der Waals surface area contributed by atoms with Crippen LogP contribution in [0.5, 0.6) is 0 Å². The minimum atomic E-state index is -2.64. The molecule has 2 nitrogen and oxygen atoms in total. The van der Waals surface area contributed by atoms with Crippen LogP contribution in [0.3, 0.4) is 0 Å². The largest absolute Gasteiger partial charge is 0.334 e. The van der Waals surface area contributed by atoms with Gasteiger partial charge in [-0.15, -0.1) is 0 Å². The van der Waals surface area contributed by atoms with E-state index < -0.39 is 17.4 Å². The van der Waals surface area contributed by atoms with Crippen LogP contribution in [0.2, 0.25) is 0 Å². The molecule has 0 amide bonds. The van der Waals surface area contributed by atoms with E-state index in [1.54, 1.807) is 0 Å². The van der Waals surface area contributed by atoms with Crippen LogP contribution in [-0.4, -0.2) is 17.4 Å². The van der Waals surface area contributed by atoms with Crippen molar-refractivity contribution in [3.05, 3.63) is 121 Å². The third kappa shape index (κ3) is 3.90. The lowest BCUT2D eigenvalue weighted by Gasteiger charge is -2.33. The molecule has 0 aliphatic rings. The molecule has 0 unspecified atom stereocenters. The number of hydrogen-bond donors (Lipinski definition) is 2. The second kappa shape index (κ2) is 8.50. The van der Waals surface area contributed by atoms with Gasteiger partial charge in [0, 0.05) is 0 Å². The zero-order chi connectivity index (χ0) is 19.2. The second-order valence-electron chi connectivity index (χ2n) is 6.77. The van der Waals surface area contributed by atoms with Crippen molar-refractivity contribution in [2.24, 2.45) is 5.40 Å². The molecule has 28 heavy (non-hydrogen) atoms. The molecular formula is C24H23N2Si2. The van der Waals surface area contributed by atoms with E-state index in [4.69, 9.17) is 5.40 Å². The molecule has 1 radical (unpaired) electrons. The number of nitrogens with one attached hydrogen (secondary N) is 1. The van der Waals surface area contributed by atoms with E-state index in [9.17, 15) is 0 Å². The van der Waals surface area contributed by atoms with Crippen molar-refractivity contribution < 1.29 is 0 Å². The molecule has 137 valence electrons. The lowest BCUT2D eigenvalue weighted by atomic mass is 10.4. The van der Waals surface area contributed by atoms with Gasteiger partial charge in [0.2, 0.25) is 8.96 Å². The zero-order valence-electron chi connectivity index (χ0n) is 15.6. The first kappa shape index (κ1) is 18.6. The molecule has 0 atom stereocenters. The van der Waals surface area contributed by atoms with E-state index in [0.717, 1.165) is 0 Å². The Kier molecular flexibility index (Phi) is 5.64. The van der Waals surface area contributed by atoms with Gasteiger partial charge in [0.25, 0.3) is 8.40 Å². The van der Waals surface area contributed by atoms with Crippen molar-refractivity contribution in [2.45, 2.75) is 0 Å². The van der Waals surface area contributed by atoms with E-state index in [1.807, 2.05) is 12.1 Å². The first-order valence-electron chi connectivity index (χ1n) is 9.43. The summed E-state index contributed by atoms with van der Waals surface area (Å²) in [5.74, 6) is 0. The zero-order valence-corrected chi connectivity index (χ0v) is 17.6. The van der Waals surface area contributed by atoms with Crippen LogP contribution in [0.25, 0.3) is 0 Å². The normalized spacial score (nSPS) is 11.5. The van der Waals surface area contributed by atoms with Gasteiger partial charge in [0.05, 0.1) is 0 Å². The summed E-state index contributed by atoms with van der Waals surface area (Å²) in [4.78, 5) is 0. The van der Waals surface area contributed by atoms with Crippen LogP contribution in [0.15, 0.2) is 121 Å². The van der Waals surface area contributed by atoms with Gasteiger partial charge in [0.1, 0.15) is 0 Å². The van der Waals surface area contributed by atoms with Crippen molar-refractivity contribution in [1.82, 2.24) is 4.65 Å². The first-order valence-corrected chi connectivity index (χ1v) is 13.0. The van der Waals surface area contributed by atoms with Gasteiger partial charge in [-0.3, -0.25) is 0 Å². The summed E-state index contributed by atoms with van der Waals surface area (Å²) in [6.45, 7) is 0. The molecule has 4 rings (SSSR count).